The van der Waals surface area contributed by atoms with Gasteiger partial charge in [0.1, 0.15) is 12.7 Å². The Morgan fingerprint density at radius 3 is 3.00 bits per heavy atom. The number of benzene rings is 1. The van der Waals surface area contributed by atoms with Crippen LogP contribution in [0, 0.1) is 0 Å². The summed E-state index contributed by atoms with van der Waals surface area (Å²) in [6.07, 6.45) is 1.89. The third-order valence-corrected chi connectivity index (χ3v) is 2.67. The van der Waals surface area contributed by atoms with Crippen molar-refractivity contribution in [3.05, 3.63) is 36.9 Å². The predicted molar refractivity (Wildman–Crippen MR) is 64.0 cm³/mol. The highest BCUT2D eigenvalue weighted by Crippen LogP contribution is 2.31. The molecule has 1 N–H and O–H groups in total. The Kier molecular flexibility index (Phi) is 3.47. The summed E-state index contributed by atoms with van der Waals surface area (Å²) in [6.45, 7) is 7.13. The van der Waals surface area contributed by atoms with E-state index < -0.39 is 0 Å². The van der Waals surface area contributed by atoms with Crippen LogP contribution in [0.5, 0.6) is 11.5 Å². The Morgan fingerprint density at radius 2 is 2.25 bits per heavy atom. The van der Waals surface area contributed by atoms with E-state index in [1.807, 2.05) is 30.3 Å². The van der Waals surface area contributed by atoms with E-state index in [1.54, 1.807) is 0 Å². The molecule has 0 aromatic heterocycles. The normalized spacial score (nSPS) is 20.2. The monoisotopic (exact) mass is 219 g/mol. The van der Waals surface area contributed by atoms with Crippen molar-refractivity contribution in [2.45, 2.75) is 19.1 Å². The first-order chi connectivity index (χ1) is 7.81. The van der Waals surface area contributed by atoms with E-state index >= 15 is 0 Å². The van der Waals surface area contributed by atoms with E-state index in [9.17, 15) is 0 Å². The zero-order chi connectivity index (χ0) is 11.4. The number of nitrogens with one attached hydrogen (secondary N) is 1. The largest absolute Gasteiger partial charge is 0.486 e. The molecular formula is C13H17NO2. The van der Waals surface area contributed by atoms with Crippen LogP contribution >= 0.6 is 0 Å². The van der Waals surface area contributed by atoms with Crippen LogP contribution in [0.2, 0.25) is 0 Å². The van der Waals surface area contributed by atoms with E-state index in [-0.39, 0.29) is 12.1 Å². The van der Waals surface area contributed by atoms with Crippen molar-refractivity contribution in [1.82, 2.24) is 5.32 Å². The first kappa shape index (κ1) is 11.0. The second-order valence-electron chi connectivity index (χ2n) is 3.90. The minimum Gasteiger partial charge on any atom is -0.486 e. The van der Waals surface area contributed by atoms with Gasteiger partial charge in [0.25, 0.3) is 0 Å². The van der Waals surface area contributed by atoms with Crippen molar-refractivity contribution in [1.29, 1.82) is 0 Å². The lowest BCUT2D eigenvalue weighted by molar-refractivity contribution is 0.0677. The quantitative estimate of drug-likeness (QED) is 0.786. The summed E-state index contributed by atoms with van der Waals surface area (Å²) in [7, 11) is 0. The molecule has 0 bridgehead atoms. The molecule has 3 heteroatoms. The maximum atomic E-state index is 5.87. The van der Waals surface area contributed by atoms with Crippen LogP contribution < -0.4 is 14.8 Å². The Labute approximate surface area is 96.1 Å². The van der Waals surface area contributed by atoms with Crippen molar-refractivity contribution in [3.8, 4) is 11.5 Å². The summed E-state index contributed by atoms with van der Waals surface area (Å²) >= 11 is 0. The SMILES string of the molecule is C=CCN[C@@H](C)[C@H]1COc2ccccc2O1. The summed E-state index contributed by atoms with van der Waals surface area (Å²) in [5.41, 5.74) is 0. The van der Waals surface area contributed by atoms with Crippen LogP contribution in [-0.2, 0) is 0 Å². The molecule has 16 heavy (non-hydrogen) atoms. The summed E-state index contributed by atoms with van der Waals surface area (Å²) < 4.78 is 11.5. The number of hydrogen-bond acceptors (Lipinski definition) is 3. The Hall–Kier alpha value is -1.48. The van der Waals surface area contributed by atoms with Gasteiger partial charge in [0.2, 0.25) is 0 Å². The van der Waals surface area contributed by atoms with Gasteiger partial charge in [-0.25, -0.2) is 0 Å². The van der Waals surface area contributed by atoms with Crippen molar-refractivity contribution in [3.63, 3.8) is 0 Å². The average Bonchev–Trinajstić information content (AvgIpc) is 2.35. The molecule has 0 fully saturated rings. The minimum absolute atomic E-state index is 0.0508. The van der Waals surface area contributed by atoms with E-state index in [4.69, 9.17) is 9.47 Å². The molecule has 1 aliphatic rings. The Morgan fingerprint density at radius 1 is 1.50 bits per heavy atom. The fourth-order valence-electron chi connectivity index (χ4n) is 1.68. The highest BCUT2D eigenvalue weighted by molar-refractivity contribution is 5.40. The van der Waals surface area contributed by atoms with Gasteiger partial charge in [0.15, 0.2) is 11.5 Å². The molecule has 0 spiro atoms. The van der Waals surface area contributed by atoms with Crippen molar-refractivity contribution >= 4 is 0 Å². The molecule has 1 aromatic rings. The molecule has 0 saturated carbocycles. The maximum absolute atomic E-state index is 5.87. The molecule has 0 amide bonds. The smallest absolute Gasteiger partial charge is 0.161 e. The molecular weight excluding hydrogens is 202 g/mol. The van der Waals surface area contributed by atoms with Gasteiger partial charge >= 0.3 is 0 Å². The standard InChI is InChI=1S/C13H17NO2/c1-3-8-14-10(2)13-9-15-11-6-4-5-7-12(11)16-13/h3-7,10,13-14H,1,8-9H2,2H3/t10-,13+/m0/s1. The lowest BCUT2D eigenvalue weighted by Crippen LogP contribution is -2.46. The molecule has 1 aliphatic heterocycles. The predicted octanol–water partition coefficient (Wildman–Crippen LogP) is 1.99. The topological polar surface area (TPSA) is 30.5 Å². The van der Waals surface area contributed by atoms with Gasteiger partial charge in [-0.1, -0.05) is 18.2 Å². The van der Waals surface area contributed by atoms with Crippen molar-refractivity contribution in [2.75, 3.05) is 13.2 Å². The third-order valence-electron chi connectivity index (χ3n) is 2.67. The lowest BCUT2D eigenvalue weighted by atomic mass is 10.1. The molecule has 1 heterocycles. The average molecular weight is 219 g/mol. The lowest BCUT2D eigenvalue weighted by Gasteiger charge is -2.30. The van der Waals surface area contributed by atoms with Gasteiger partial charge in [0, 0.05) is 12.6 Å². The van der Waals surface area contributed by atoms with Gasteiger partial charge in [0.05, 0.1) is 0 Å². The molecule has 0 aliphatic carbocycles. The van der Waals surface area contributed by atoms with Gasteiger partial charge in [-0.2, -0.15) is 0 Å². The zero-order valence-corrected chi connectivity index (χ0v) is 9.48. The van der Waals surface area contributed by atoms with Gasteiger partial charge < -0.3 is 14.8 Å². The fourth-order valence-corrected chi connectivity index (χ4v) is 1.68. The van der Waals surface area contributed by atoms with Crippen LogP contribution in [0.25, 0.3) is 0 Å². The number of ether oxygens (including phenoxy) is 2. The van der Waals surface area contributed by atoms with Crippen LogP contribution in [0.4, 0.5) is 0 Å². The molecule has 3 nitrogen and oxygen atoms in total. The second kappa shape index (κ2) is 5.03. The second-order valence-corrected chi connectivity index (χ2v) is 3.90. The van der Waals surface area contributed by atoms with E-state index in [2.05, 4.69) is 18.8 Å². The van der Waals surface area contributed by atoms with Crippen LogP contribution in [0.15, 0.2) is 36.9 Å². The number of fused-ring (bicyclic) bond motifs is 1. The van der Waals surface area contributed by atoms with Crippen molar-refractivity contribution < 1.29 is 9.47 Å². The summed E-state index contributed by atoms with van der Waals surface area (Å²) in [5, 5.41) is 3.31. The van der Waals surface area contributed by atoms with E-state index in [0.717, 1.165) is 18.0 Å². The molecule has 1 aromatic carbocycles. The summed E-state index contributed by atoms with van der Waals surface area (Å²) in [6, 6.07) is 8.00. The van der Waals surface area contributed by atoms with Crippen LogP contribution in [0.1, 0.15) is 6.92 Å². The van der Waals surface area contributed by atoms with Gasteiger partial charge in [-0.3, -0.25) is 0 Å². The van der Waals surface area contributed by atoms with Crippen LogP contribution in [0.3, 0.4) is 0 Å². The zero-order valence-electron chi connectivity index (χ0n) is 9.48. The summed E-state index contributed by atoms with van der Waals surface area (Å²) in [4.78, 5) is 0. The first-order valence-corrected chi connectivity index (χ1v) is 5.54. The highest BCUT2D eigenvalue weighted by Gasteiger charge is 2.25. The van der Waals surface area contributed by atoms with E-state index in [0.29, 0.717) is 6.61 Å². The summed E-state index contributed by atoms with van der Waals surface area (Å²) in [5.74, 6) is 1.65. The Balaban J connectivity index is 1.99. The number of hydrogen-bond donors (Lipinski definition) is 1. The van der Waals surface area contributed by atoms with Gasteiger partial charge in [-0.05, 0) is 19.1 Å². The number of para-hydroxylation sites is 2. The molecule has 2 atom stereocenters. The molecule has 0 saturated heterocycles. The molecule has 2 rings (SSSR count). The number of rotatable bonds is 4. The van der Waals surface area contributed by atoms with Crippen molar-refractivity contribution in [2.24, 2.45) is 0 Å². The van der Waals surface area contributed by atoms with Gasteiger partial charge in [-0.15, -0.1) is 6.58 Å². The van der Waals surface area contributed by atoms with Crippen LogP contribution in [-0.4, -0.2) is 25.3 Å². The molecule has 0 unspecified atom stereocenters. The minimum atomic E-state index is 0.0508. The highest BCUT2D eigenvalue weighted by atomic mass is 16.6. The molecule has 86 valence electrons. The molecule has 0 radical (unpaired) electrons. The Bertz CT molecular complexity index is 365. The first-order valence-electron chi connectivity index (χ1n) is 5.54. The fraction of sp³-hybridized carbons (Fsp3) is 0.385. The third kappa shape index (κ3) is 2.36. The maximum Gasteiger partial charge on any atom is 0.161 e. The van der Waals surface area contributed by atoms with E-state index in [1.165, 1.54) is 0 Å².